The first kappa shape index (κ1) is 23.5. The Kier molecular flexibility index (Phi) is 6.30. The van der Waals surface area contributed by atoms with Gasteiger partial charge in [-0.2, -0.15) is 38.4 Å². The van der Waals surface area contributed by atoms with Crippen molar-refractivity contribution in [2.45, 2.75) is 67.8 Å². The van der Waals surface area contributed by atoms with Gasteiger partial charge in [-0.1, -0.05) is 44.7 Å². The largest absolute Gasteiger partial charge is 0.523 e. The van der Waals surface area contributed by atoms with Crippen molar-refractivity contribution in [1.29, 1.82) is 0 Å². The van der Waals surface area contributed by atoms with E-state index in [4.69, 9.17) is 0 Å². The van der Waals surface area contributed by atoms with Crippen LogP contribution in [0.15, 0.2) is 28.0 Å². The molecule has 0 bridgehead atoms. The van der Waals surface area contributed by atoms with E-state index in [1.165, 1.54) is 18.2 Å². The van der Waals surface area contributed by atoms with Crippen LogP contribution in [0.25, 0.3) is 6.08 Å². The average molecular weight is 477 g/mol. The van der Waals surface area contributed by atoms with Crippen molar-refractivity contribution >= 4 is 26.5 Å². The van der Waals surface area contributed by atoms with Crippen molar-refractivity contribution in [2.75, 3.05) is 0 Å². The van der Waals surface area contributed by atoms with Gasteiger partial charge >= 0.3 is 21.1 Å². The number of aryl methyl sites for hydroxylation is 1. The molecular formula is C19H22F6O3S2. The van der Waals surface area contributed by atoms with Gasteiger partial charge in [-0.15, -0.1) is 0 Å². The summed E-state index contributed by atoms with van der Waals surface area (Å²) in [6.45, 7) is 1.81. The van der Waals surface area contributed by atoms with Gasteiger partial charge in [0.1, 0.15) is 0 Å². The molecular weight excluding hydrogens is 454 g/mol. The molecule has 0 amide bonds. The summed E-state index contributed by atoms with van der Waals surface area (Å²) in [4.78, 5) is -0.875. The highest BCUT2D eigenvalue weighted by atomic mass is 32.3. The maximum Gasteiger partial charge on any atom is 0.523 e. The van der Waals surface area contributed by atoms with Crippen LogP contribution in [0, 0.1) is 5.92 Å². The van der Waals surface area contributed by atoms with Crippen molar-refractivity contribution in [3.05, 3.63) is 34.2 Å². The van der Waals surface area contributed by atoms with Crippen LogP contribution >= 0.6 is 10.3 Å². The molecule has 1 unspecified atom stereocenters. The van der Waals surface area contributed by atoms with Crippen LogP contribution in [0.1, 0.15) is 56.6 Å². The molecule has 30 heavy (non-hydrogen) atoms. The lowest BCUT2D eigenvalue weighted by Crippen LogP contribution is -2.34. The maximum atomic E-state index is 14.6. The van der Waals surface area contributed by atoms with Crippen molar-refractivity contribution < 1.29 is 38.4 Å². The number of benzene rings is 1. The first-order valence-electron chi connectivity index (χ1n) is 9.60. The lowest BCUT2D eigenvalue weighted by atomic mass is 9.88. The predicted molar refractivity (Wildman–Crippen MR) is 103 cm³/mol. The van der Waals surface area contributed by atoms with Gasteiger partial charge in [0.15, 0.2) is 0 Å². The van der Waals surface area contributed by atoms with E-state index in [1.54, 1.807) is 6.07 Å². The highest BCUT2D eigenvalue weighted by molar-refractivity contribution is 8.37. The van der Waals surface area contributed by atoms with E-state index in [-0.39, 0.29) is 10.5 Å². The number of hydrogen-bond donors (Lipinski definition) is 0. The summed E-state index contributed by atoms with van der Waals surface area (Å²) in [5, 5.41) is 0. The summed E-state index contributed by atoms with van der Waals surface area (Å²) < 4.78 is 111. The minimum atomic E-state index is -6.49. The van der Waals surface area contributed by atoms with Crippen molar-refractivity contribution in [1.82, 2.24) is 0 Å². The molecule has 0 N–H and O–H groups in total. The quantitative estimate of drug-likeness (QED) is 0.338. The van der Waals surface area contributed by atoms with Gasteiger partial charge in [-0.3, -0.25) is 0 Å². The van der Waals surface area contributed by atoms with E-state index in [0.717, 1.165) is 6.42 Å². The number of allylic oxidation sites excluding steroid dienone is 1. The second kappa shape index (κ2) is 8.05. The lowest BCUT2D eigenvalue weighted by molar-refractivity contribution is -0.0547. The van der Waals surface area contributed by atoms with E-state index >= 15 is 0 Å². The maximum absolute atomic E-state index is 14.6. The Hall–Kier alpha value is -1.20. The van der Waals surface area contributed by atoms with Crippen LogP contribution in [-0.4, -0.2) is 19.4 Å². The number of hydrogen-bond acceptors (Lipinski definition) is 3. The molecule has 1 fully saturated rings. The summed E-state index contributed by atoms with van der Waals surface area (Å²) in [5.74, 6) is -0.680. The van der Waals surface area contributed by atoms with Crippen LogP contribution in [0.5, 0.6) is 0 Å². The van der Waals surface area contributed by atoms with Crippen LogP contribution in [0.2, 0.25) is 0 Å². The predicted octanol–water partition coefficient (Wildman–Crippen LogP) is 7.04. The fraction of sp³-hybridized carbons (Fsp3) is 0.579. The molecule has 0 radical (unpaired) electrons. The van der Waals surface area contributed by atoms with E-state index in [2.05, 4.69) is 3.63 Å². The third-order valence-electron chi connectivity index (χ3n) is 5.36. The van der Waals surface area contributed by atoms with Gasteiger partial charge in [0, 0.05) is 20.1 Å². The van der Waals surface area contributed by atoms with Crippen LogP contribution in [0.3, 0.4) is 0 Å². The molecule has 1 aromatic carbocycles. The summed E-state index contributed by atoms with van der Waals surface area (Å²) in [7, 11) is -11.4. The Labute approximate surface area is 173 Å². The van der Waals surface area contributed by atoms with Gasteiger partial charge in [-0.05, 0) is 48.4 Å². The number of alkyl halides is 6. The first-order valence-corrected chi connectivity index (χ1v) is 12.6. The van der Waals surface area contributed by atoms with Crippen LogP contribution in [-0.2, 0) is 20.2 Å². The van der Waals surface area contributed by atoms with Gasteiger partial charge in [0.25, 0.3) is 0 Å². The zero-order valence-electron chi connectivity index (χ0n) is 16.1. The molecule has 2 aliphatic rings. The Bertz CT molecular complexity index is 931. The highest BCUT2D eigenvalue weighted by Crippen LogP contribution is 2.80. The average Bonchev–Trinajstić information content (AvgIpc) is 2.96. The minimum absolute atomic E-state index is 0.0696. The zero-order valence-corrected chi connectivity index (χ0v) is 17.8. The molecule has 0 aromatic heterocycles. The summed E-state index contributed by atoms with van der Waals surface area (Å²) in [6.07, 6.45) is 4.98. The van der Waals surface area contributed by atoms with Crippen molar-refractivity contribution in [3.63, 3.8) is 0 Å². The number of halogens is 6. The zero-order chi connectivity index (χ0) is 22.4. The van der Waals surface area contributed by atoms with Crippen molar-refractivity contribution in [3.8, 4) is 0 Å². The topological polar surface area (TPSA) is 43.4 Å². The summed E-state index contributed by atoms with van der Waals surface area (Å²) in [6, 6.07) is 4.19. The van der Waals surface area contributed by atoms with E-state index < -0.39 is 42.3 Å². The molecule has 1 atom stereocenters. The van der Waals surface area contributed by atoms with Crippen LogP contribution in [0.4, 0.5) is 26.3 Å². The molecule has 1 aliphatic carbocycles. The highest BCUT2D eigenvalue weighted by Gasteiger charge is 2.65. The van der Waals surface area contributed by atoms with Gasteiger partial charge in [0.05, 0.1) is 0 Å². The molecule has 170 valence electrons. The third kappa shape index (κ3) is 4.00. The SMILES string of the molecule is CCCc1ccc2c(c1)S(OS(=O)(=O)C(F)(F)F)(C(F)(F)F)C(C1CCCCC1)=C2. The van der Waals surface area contributed by atoms with Crippen molar-refractivity contribution in [2.24, 2.45) is 5.92 Å². The van der Waals surface area contributed by atoms with E-state index in [1.807, 2.05) is 6.92 Å². The normalized spacial score (nSPS) is 25.5. The monoisotopic (exact) mass is 476 g/mol. The molecule has 3 rings (SSSR count). The number of rotatable bonds is 5. The molecule has 0 spiro atoms. The molecule has 1 aromatic rings. The fourth-order valence-corrected chi connectivity index (χ4v) is 8.88. The summed E-state index contributed by atoms with van der Waals surface area (Å²) in [5.41, 5.74) is -10.7. The molecule has 11 heteroatoms. The molecule has 1 saturated carbocycles. The molecule has 1 aliphatic heterocycles. The smallest absolute Gasteiger partial charge is 0.196 e. The third-order valence-corrected chi connectivity index (χ3v) is 10.2. The van der Waals surface area contributed by atoms with Gasteiger partial charge in [-0.25, -0.2) is 0 Å². The van der Waals surface area contributed by atoms with Crippen LogP contribution < -0.4 is 0 Å². The molecule has 0 saturated heterocycles. The summed E-state index contributed by atoms with van der Waals surface area (Å²) >= 11 is 0. The Balaban J connectivity index is 2.26. The second-order valence-corrected chi connectivity index (χ2v) is 11.9. The number of fused-ring (bicyclic) bond motifs is 1. The Morgan fingerprint density at radius 2 is 1.70 bits per heavy atom. The lowest BCUT2D eigenvalue weighted by Gasteiger charge is -2.42. The molecule has 3 nitrogen and oxygen atoms in total. The Morgan fingerprint density at radius 1 is 1.07 bits per heavy atom. The standard InChI is InChI=1S/C19H22F6O3S2/c1-2-6-13-9-10-15-12-17(14-7-4-3-5-8-14)29(16(15)11-13,18(20,21)22)28-30(26,27)19(23,24)25/h9-12,14H,2-8H2,1H3. The van der Waals surface area contributed by atoms with E-state index in [9.17, 15) is 34.8 Å². The first-order chi connectivity index (χ1) is 13.8. The van der Waals surface area contributed by atoms with Gasteiger partial charge in [0.2, 0.25) is 0 Å². The van der Waals surface area contributed by atoms with E-state index in [0.29, 0.717) is 44.1 Å². The molecule has 1 heterocycles. The Morgan fingerprint density at radius 3 is 2.23 bits per heavy atom. The minimum Gasteiger partial charge on any atom is -0.196 e. The second-order valence-electron chi connectivity index (χ2n) is 7.47. The van der Waals surface area contributed by atoms with Gasteiger partial charge < -0.3 is 0 Å². The fourth-order valence-electron chi connectivity index (χ4n) is 4.04.